The Bertz CT molecular complexity index is 789. The van der Waals surface area contributed by atoms with E-state index >= 15 is 0 Å². The number of rotatable bonds is 4. The van der Waals surface area contributed by atoms with Gasteiger partial charge in [-0.1, -0.05) is 12.1 Å². The van der Waals surface area contributed by atoms with E-state index in [1.807, 2.05) is 0 Å². The van der Waals surface area contributed by atoms with Gasteiger partial charge in [-0.25, -0.2) is 4.79 Å². The van der Waals surface area contributed by atoms with E-state index in [0.29, 0.717) is 18.8 Å². The molecule has 0 saturated carbocycles. The standard InChI is InChI=1S/C18H19IN4O3/c19-15-3-1-2-14(12-15)13-21-8-10-22(11-9-21)18(24)20-16-4-6-17(7-5-16)23(25)26/h1-7,12H,8-11,13H2,(H,20,24). The van der Waals surface area contributed by atoms with Crippen molar-refractivity contribution < 1.29 is 9.72 Å². The lowest BCUT2D eigenvalue weighted by atomic mass is 10.2. The molecule has 0 bridgehead atoms. The fourth-order valence-electron chi connectivity index (χ4n) is 2.87. The van der Waals surface area contributed by atoms with Gasteiger partial charge in [-0.15, -0.1) is 0 Å². The highest BCUT2D eigenvalue weighted by molar-refractivity contribution is 14.1. The van der Waals surface area contributed by atoms with Crippen molar-refractivity contribution in [3.63, 3.8) is 0 Å². The summed E-state index contributed by atoms with van der Waals surface area (Å²) in [4.78, 5) is 26.7. The van der Waals surface area contributed by atoms with Gasteiger partial charge in [0.1, 0.15) is 0 Å². The van der Waals surface area contributed by atoms with Gasteiger partial charge in [0.25, 0.3) is 5.69 Å². The van der Waals surface area contributed by atoms with E-state index in [1.54, 1.807) is 17.0 Å². The average Bonchev–Trinajstić information content (AvgIpc) is 2.63. The second-order valence-electron chi connectivity index (χ2n) is 6.13. The summed E-state index contributed by atoms with van der Waals surface area (Å²) in [6, 6.07) is 14.1. The molecule has 0 aromatic heterocycles. The van der Waals surface area contributed by atoms with Gasteiger partial charge >= 0.3 is 6.03 Å². The molecule has 3 rings (SSSR count). The van der Waals surface area contributed by atoms with E-state index in [-0.39, 0.29) is 11.7 Å². The van der Waals surface area contributed by atoms with E-state index in [0.717, 1.165) is 19.6 Å². The Balaban J connectivity index is 1.49. The van der Waals surface area contributed by atoms with Crippen molar-refractivity contribution in [3.05, 3.63) is 67.8 Å². The van der Waals surface area contributed by atoms with E-state index in [2.05, 4.69) is 57.1 Å². The van der Waals surface area contributed by atoms with E-state index in [4.69, 9.17) is 0 Å². The average molecular weight is 466 g/mol. The third-order valence-corrected chi connectivity index (χ3v) is 4.96. The van der Waals surface area contributed by atoms with E-state index in [1.165, 1.54) is 21.3 Å². The van der Waals surface area contributed by atoms with Gasteiger partial charge in [0, 0.05) is 54.1 Å². The Hall–Kier alpha value is -2.20. The van der Waals surface area contributed by atoms with Crippen LogP contribution in [0.4, 0.5) is 16.2 Å². The number of urea groups is 1. The molecule has 0 atom stereocenters. The molecule has 1 N–H and O–H groups in total. The second-order valence-corrected chi connectivity index (χ2v) is 7.37. The van der Waals surface area contributed by atoms with Crippen LogP contribution >= 0.6 is 22.6 Å². The molecule has 8 heteroatoms. The van der Waals surface area contributed by atoms with Crippen LogP contribution in [0.25, 0.3) is 0 Å². The molecule has 0 radical (unpaired) electrons. The lowest BCUT2D eigenvalue weighted by Gasteiger charge is -2.34. The number of non-ortho nitro benzene ring substituents is 1. The number of amides is 2. The summed E-state index contributed by atoms with van der Waals surface area (Å²) < 4.78 is 1.22. The van der Waals surface area contributed by atoms with Crippen LogP contribution in [-0.2, 0) is 6.54 Å². The van der Waals surface area contributed by atoms with Gasteiger partial charge < -0.3 is 10.2 Å². The van der Waals surface area contributed by atoms with Crippen molar-refractivity contribution in [2.24, 2.45) is 0 Å². The number of nitrogens with one attached hydrogen (secondary N) is 1. The van der Waals surface area contributed by atoms with Crippen LogP contribution in [-0.4, -0.2) is 46.9 Å². The van der Waals surface area contributed by atoms with Crippen LogP contribution in [0, 0.1) is 13.7 Å². The first-order valence-electron chi connectivity index (χ1n) is 8.28. The SMILES string of the molecule is O=C(Nc1ccc([N+](=O)[O-])cc1)N1CCN(Cc2cccc(I)c2)CC1. The zero-order chi connectivity index (χ0) is 18.5. The van der Waals surface area contributed by atoms with Crippen LogP contribution in [0.1, 0.15) is 5.56 Å². The Kier molecular flexibility index (Phi) is 6.04. The summed E-state index contributed by atoms with van der Waals surface area (Å²) in [7, 11) is 0. The Morgan fingerprint density at radius 3 is 2.42 bits per heavy atom. The predicted molar refractivity (Wildman–Crippen MR) is 108 cm³/mol. The van der Waals surface area contributed by atoms with Gasteiger partial charge in [-0.05, 0) is 52.4 Å². The largest absolute Gasteiger partial charge is 0.322 e. The number of carbonyl (C=O) groups excluding carboxylic acids is 1. The van der Waals surface area contributed by atoms with Crippen molar-refractivity contribution >= 4 is 40.0 Å². The molecule has 1 aliphatic heterocycles. The summed E-state index contributed by atoms with van der Waals surface area (Å²) in [5.74, 6) is 0. The maximum atomic E-state index is 12.4. The molecule has 1 heterocycles. The molecule has 26 heavy (non-hydrogen) atoms. The number of benzene rings is 2. The second kappa shape index (κ2) is 8.45. The number of piperazine rings is 1. The van der Waals surface area contributed by atoms with Gasteiger partial charge in [-0.2, -0.15) is 0 Å². The number of nitro benzene ring substituents is 1. The molecular weight excluding hydrogens is 447 g/mol. The first-order chi connectivity index (χ1) is 12.5. The fraction of sp³-hybridized carbons (Fsp3) is 0.278. The third-order valence-electron chi connectivity index (χ3n) is 4.28. The number of nitro groups is 1. The van der Waals surface area contributed by atoms with Crippen molar-refractivity contribution in [3.8, 4) is 0 Å². The zero-order valence-electron chi connectivity index (χ0n) is 14.1. The lowest BCUT2D eigenvalue weighted by molar-refractivity contribution is -0.384. The van der Waals surface area contributed by atoms with Gasteiger partial charge in [0.05, 0.1) is 4.92 Å². The normalized spacial score (nSPS) is 14.9. The molecule has 1 fully saturated rings. The van der Waals surface area contributed by atoms with Gasteiger partial charge in [0.15, 0.2) is 0 Å². The topological polar surface area (TPSA) is 78.7 Å². The number of halogens is 1. The summed E-state index contributed by atoms with van der Waals surface area (Å²) >= 11 is 2.31. The van der Waals surface area contributed by atoms with Crippen LogP contribution < -0.4 is 5.32 Å². The number of anilines is 1. The van der Waals surface area contributed by atoms with Crippen LogP contribution in [0.5, 0.6) is 0 Å². The molecule has 7 nitrogen and oxygen atoms in total. The molecule has 2 amide bonds. The highest BCUT2D eigenvalue weighted by atomic mass is 127. The summed E-state index contributed by atoms with van der Waals surface area (Å²) in [5.41, 5.74) is 1.84. The monoisotopic (exact) mass is 466 g/mol. The van der Waals surface area contributed by atoms with Crippen LogP contribution in [0.15, 0.2) is 48.5 Å². The van der Waals surface area contributed by atoms with Crippen LogP contribution in [0.2, 0.25) is 0 Å². The smallest absolute Gasteiger partial charge is 0.321 e. The molecule has 1 aliphatic rings. The van der Waals surface area contributed by atoms with Crippen molar-refractivity contribution in [1.29, 1.82) is 0 Å². The highest BCUT2D eigenvalue weighted by Crippen LogP contribution is 2.17. The minimum absolute atomic E-state index is 0.00665. The van der Waals surface area contributed by atoms with Crippen molar-refractivity contribution in [1.82, 2.24) is 9.80 Å². The fourth-order valence-corrected chi connectivity index (χ4v) is 3.48. The molecule has 2 aromatic rings. The third kappa shape index (κ3) is 4.92. The first-order valence-corrected chi connectivity index (χ1v) is 9.36. The Morgan fingerprint density at radius 2 is 1.81 bits per heavy atom. The molecule has 0 unspecified atom stereocenters. The zero-order valence-corrected chi connectivity index (χ0v) is 16.3. The predicted octanol–water partition coefficient (Wildman–Crippen LogP) is 3.55. The summed E-state index contributed by atoms with van der Waals surface area (Å²) in [5, 5.41) is 13.5. The van der Waals surface area contributed by atoms with Gasteiger partial charge in [0.2, 0.25) is 0 Å². The summed E-state index contributed by atoms with van der Waals surface area (Å²) in [6.07, 6.45) is 0. The molecular formula is C18H19IN4O3. The molecule has 0 aliphatic carbocycles. The Labute approximate surface area is 165 Å². The maximum Gasteiger partial charge on any atom is 0.321 e. The number of hydrogen-bond donors (Lipinski definition) is 1. The number of nitrogens with zero attached hydrogens (tertiary/aromatic N) is 3. The van der Waals surface area contributed by atoms with Crippen LogP contribution in [0.3, 0.4) is 0 Å². The maximum absolute atomic E-state index is 12.4. The minimum atomic E-state index is -0.460. The minimum Gasteiger partial charge on any atom is -0.322 e. The van der Waals surface area contributed by atoms with Crippen molar-refractivity contribution in [2.75, 3.05) is 31.5 Å². The highest BCUT2D eigenvalue weighted by Gasteiger charge is 2.21. The van der Waals surface area contributed by atoms with E-state index in [9.17, 15) is 14.9 Å². The Morgan fingerprint density at radius 1 is 1.12 bits per heavy atom. The number of carbonyl (C=O) groups is 1. The quantitative estimate of drug-likeness (QED) is 0.425. The molecule has 136 valence electrons. The number of hydrogen-bond acceptors (Lipinski definition) is 4. The van der Waals surface area contributed by atoms with E-state index < -0.39 is 4.92 Å². The molecule has 2 aromatic carbocycles. The molecule has 1 saturated heterocycles. The first kappa shape index (κ1) is 18.6. The summed E-state index contributed by atoms with van der Waals surface area (Å²) in [6.45, 7) is 3.83. The molecule has 0 spiro atoms. The van der Waals surface area contributed by atoms with Crippen molar-refractivity contribution in [2.45, 2.75) is 6.54 Å². The van der Waals surface area contributed by atoms with Gasteiger partial charge in [-0.3, -0.25) is 15.0 Å². The lowest BCUT2D eigenvalue weighted by Crippen LogP contribution is -2.49.